The second-order valence-electron chi connectivity index (χ2n) is 5.93. The second kappa shape index (κ2) is 8.93. The van der Waals surface area contributed by atoms with E-state index in [1.165, 1.54) is 18.2 Å². The largest absolute Gasteiger partial charge is 0.396 e. The van der Waals surface area contributed by atoms with Gasteiger partial charge in [-0.05, 0) is 44.4 Å². The molecule has 0 aromatic heterocycles. The van der Waals surface area contributed by atoms with Gasteiger partial charge in [0.25, 0.3) is 0 Å². The molecule has 1 heterocycles. The van der Waals surface area contributed by atoms with Gasteiger partial charge in [-0.1, -0.05) is 12.5 Å². The Balaban J connectivity index is 1.78. The van der Waals surface area contributed by atoms with Gasteiger partial charge >= 0.3 is 0 Å². The molecule has 1 atom stereocenters. The molecule has 1 amide bonds. The van der Waals surface area contributed by atoms with Crippen LogP contribution in [0, 0.1) is 11.6 Å². The normalized spacial score (nSPS) is 18.8. The number of benzene rings is 1. The number of carbonyl (C=O) groups is 1. The van der Waals surface area contributed by atoms with E-state index in [0.29, 0.717) is 6.42 Å². The molecule has 1 aromatic carbocycles. The molecule has 1 aromatic rings. The Hall–Kier alpha value is -1.53. The number of aliphatic hydroxyl groups excluding tert-OH is 1. The highest BCUT2D eigenvalue weighted by Gasteiger charge is 2.23. The monoisotopic (exact) mass is 326 g/mol. The van der Waals surface area contributed by atoms with Crippen LogP contribution in [0.1, 0.15) is 31.2 Å². The second-order valence-corrected chi connectivity index (χ2v) is 5.93. The van der Waals surface area contributed by atoms with Gasteiger partial charge in [-0.3, -0.25) is 9.69 Å². The summed E-state index contributed by atoms with van der Waals surface area (Å²) in [5.41, 5.74) is 0.00364. The van der Waals surface area contributed by atoms with Crippen LogP contribution in [-0.4, -0.2) is 48.2 Å². The highest BCUT2D eigenvalue weighted by molar-refractivity contribution is 5.78. The topological polar surface area (TPSA) is 52.6 Å². The van der Waals surface area contributed by atoms with Crippen molar-refractivity contribution in [2.45, 2.75) is 38.1 Å². The fourth-order valence-corrected chi connectivity index (χ4v) is 3.08. The quantitative estimate of drug-likeness (QED) is 0.804. The first-order chi connectivity index (χ1) is 11.1. The van der Waals surface area contributed by atoms with Crippen molar-refractivity contribution < 1.29 is 18.7 Å². The van der Waals surface area contributed by atoms with Gasteiger partial charge in [0, 0.05) is 24.8 Å². The third-order valence-corrected chi connectivity index (χ3v) is 4.32. The molecule has 1 fully saturated rings. The summed E-state index contributed by atoms with van der Waals surface area (Å²) in [6.07, 6.45) is 3.97. The van der Waals surface area contributed by atoms with E-state index in [1.54, 1.807) is 0 Å². The molecule has 0 bridgehead atoms. The average molecular weight is 326 g/mol. The summed E-state index contributed by atoms with van der Waals surface area (Å²) in [7, 11) is 0. The van der Waals surface area contributed by atoms with Gasteiger partial charge < -0.3 is 10.4 Å². The molecule has 1 aliphatic rings. The van der Waals surface area contributed by atoms with Crippen molar-refractivity contribution in [3.05, 3.63) is 35.4 Å². The van der Waals surface area contributed by atoms with Crippen LogP contribution in [-0.2, 0) is 11.2 Å². The maximum Gasteiger partial charge on any atom is 0.234 e. The summed E-state index contributed by atoms with van der Waals surface area (Å²) in [5.74, 6) is -1.32. The highest BCUT2D eigenvalue weighted by Crippen LogP contribution is 2.19. The van der Waals surface area contributed by atoms with Gasteiger partial charge in [0.2, 0.25) is 5.91 Å². The Kier molecular flexibility index (Phi) is 6.92. The molecule has 1 saturated heterocycles. The minimum Gasteiger partial charge on any atom is -0.396 e. The summed E-state index contributed by atoms with van der Waals surface area (Å²) in [6.45, 7) is 1.44. The van der Waals surface area contributed by atoms with E-state index in [4.69, 9.17) is 5.11 Å². The number of hydrogen-bond acceptors (Lipinski definition) is 3. The fourth-order valence-electron chi connectivity index (χ4n) is 3.08. The van der Waals surface area contributed by atoms with Crippen LogP contribution in [0.5, 0.6) is 0 Å². The van der Waals surface area contributed by atoms with Gasteiger partial charge in [-0.25, -0.2) is 8.78 Å². The van der Waals surface area contributed by atoms with Crippen molar-refractivity contribution in [3.8, 4) is 0 Å². The smallest absolute Gasteiger partial charge is 0.234 e. The van der Waals surface area contributed by atoms with Crippen molar-refractivity contribution in [2.24, 2.45) is 0 Å². The minimum atomic E-state index is -0.585. The summed E-state index contributed by atoms with van der Waals surface area (Å²) < 4.78 is 27.0. The zero-order chi connectivity index (χ0) is 16.7. The number of amides is 1. The first-order valence-electron chi connectivity index (χ1n) is 8.16. The van der Waals surface area contributed by atoms with Crippen molar-refractivity contribution >= 4 is 5.91 Å². The van der Waals surface area contributed by atoms with Crippen LogP contribution in [0.3, 0.4) is 0 Å². The third kappa shape index (κ3) is 5.25. The Labute approximate surface area is 135 Å². The fraction of sp³-hybridized carbons (Fsp3) is 0.588. The number of carbonyl (C=O) groups excluding carboxylic acids is 1. The van der Waals surface area contributed by atoms with Crippen molar-refractivity contribution in [1.29, 1.82) is 0 Å². The maximum absolute atomic E-state index is 13.5. The van der Waals surface area contributed by atoms with Crippen LogP contribution < -0.4 is 5.32 Å². The van der Waals surface area contributed by atoms with Crippen molar-refractivity contribution in [1.82, 2.24) is 10.2 Å². The first-order valence-corrected chi connectivity index (χ1v) is 8.16. The van der Waals surface area contributed by atoms with E-state index in [0.717, 1.165) is 25.8 Å². The Bertz CT molecular complexity index is 503. The lowest BCUT2D eigenvalue weighted by molar-refractivity contribution is -0.123. The lowest BCUT2D eigenvalue weighted by Crippen LogP contribution is -2.46. The Morgan fingerprint density at radius 3 is 2.74 bits per heavy atom. The Morgan fingerprint density at radius 2 is 2.04 bits per heavy atom. The zero-order valence-electron chi connectivity index (χ0n) is 13.2. The number of nitrogens with one attached hydrogen (secondary N) is 1. The van der Waals surface area contributed by atoms with Crippen LogP contribution in [0.2, 0.25) is 0 Å². The van der Waals surface area contributed by atoms with Crippen molar-refractivity contribution in [3.63, 3.8) is 0 Å². The van der Waals surface area contributed by atoms with Crippen molar-refractivity contribution in [2.75, 3.05) is 26.2 Å². The van der Waals surface area contributed by atoms with Gasteiger partial charge in [-0.15, -0.1) is 0 Å². The van der Waals surface area contributed by atoms with Gasteiger partial charge in [0.05, 0.1) is 6.54 Å². The predicted octanol–water partition coefficient (Wildman–Crippen LogP) is 1.86. The number of likely N-dealkylation sites (tertiary alicyclic amines) is 1. The molecule has 6 heteroatoms. The highest BCUT2D eigenvalue weighted by atomic mass is 19.1. The minimum absolute atomic E-state index is 0.00364. The predicted molar refractivity (Wildman–Crippen MR) is 84.0 cm³/mol. The number of piperidine rings is 1. The maximum atomic E-state index is 13.5. The molecule has 4 nitrogen and oxygen atoms in total. The van der Waals surface area contributed by atoms with Gasteiger partial charge in [0.15, 0.2) is 0 Å². The van der Waals surface area contributed by atoms with E-state index < -0.39 is 11.6 Å². The third-order valence-electron chi connectivity index (χ3n) is 4.32. The molecule has 0 aliphatic carbocycles. The van der Waals surface area contributed by atoms with Crippen LogP contribution >= 0.6 is 0 Å². The lowest BCUT2D eigenvalue weighted by Gasteiger charge is -2.34. The van der Waals surface area contributed by atoms with E-state index in [9.17, 15) is 13.6 Å². The summed E-state index contributed by atoms with van der Waals surface area (Å²) in [6, 6.07) is 3.99. The number of aliphatic hydroxyl groups is 1. The van der Waals surface area contributed by atoms with Gasteiger partial charge in [-0.2, -0.15) is 0 Å². The average Bonchev–Trinajstić information content (AvgIpc) is 2.52. The van der Waals surface area contributed by atoms with E-state index in [1.807, 2.05) is 0 Å². The SMILES string of the molecule is O=C(CN1CCCC[C@@H]1CCO)NCCc1c(F)cccc1F. The molecule has 0 radical (unpaired) electrons. The molecule has 1 aliphatic heterocycles. The van der Waals surface area contributed by atoms with Crippen LogP contribution in [0.25, 0.3) is 0 Å². The molecule has 128 valence electrons. The Morgan fingerprint density at radius 1 is 1.30 bits per heavy atom. The van der Waals surface area contributed by atoms with Crippen LogP contribution in [0.15, 0.2) is 18.2 Å². The number of nitrogens with zero attached hydrogens (tertiary/aromatic N) is 1. The van der Waals surface area contributed by atoms with E-state index in [2.05, 4.69) is 10.2 Å². The first kappa shape index (κ1) is 17.8. The number of hydrogen-bond donors (Lipinski definition) is 2. The van der Waals surface area contributed by atoms with E-state index in [-0.39, 0.29) is 43.6 Å². The summed E-state index contributed by atoms with van der Waals surface area (Å²) >= 11 is 0. The van der Waals surface area contributed by atoms with Crippen LogP contribution in [0.4, 0.5) is 8.78 Å². The lowest BCUT2D eigenvalue weighted by atomic mass is 10.00. The number of halogens is 2. The molecule has 0 saturated carbocycles. The van der Waals surface area contributed by atoms with Gasteiger partial charge in [0.1, 0.15) is 11.6 Å². The number of rotatable bonds is 7. The standard InChI is InChI=1S/C17H24F2N2O2/c18-15-5-3-6-16(19)14(15)7-9-20-17(23)12-21-10-2-1-4-13(21)8-11-22/h3,5-6,13,22H,1-2,4,7-12H2,(H,20,23)/t13-/m1/s1. The van der Waals surface area contributed by atoms with E-state index >= 15 is 0 Å². The molecule has 2 N–H and O–H groups in total. The molecule has 2 rings (SSSR count). The summed E-state index contributed by atoms with van der Waals surface area (Å²) in [5, 5.41) is 11.8. The zero-order valence-corrected chi connectivity index (χ0v) is 13.2. The molecular formula is C17H24F2N2O2. The molecular weight excluding hydrogens is 302 g/mol. The molecule has 0 spiro atoms. The summed E-state index contributed by atoms with van der Waals surface area (Å²) in [4.78, 5) is 14.1. The molecule has 23 heavy (non-hydrogen) atoms. The molecule has 0 unspecified atom stereocenters.